The van der Waals surface area contributed by atoms with E-state index in [9.17, 15) is 9.90 Å². The molecule has 2 aliphatic rings. The van der Waals surface area contributed by atoms with E-state index < -0.39 is 11.7 Å². The van der Waals surface area contributed by atoms with Gasteiger partial charge in [0.25, 0.3) is 0 Å². The van der Waals surface area contributed by atoms with Crippen LogP contribution in [-0.2, 0) is 9.53 Å². The van der Waals surface area contributed by atoms with Gasteiger partial charge < -0.3 is 9.84 Å². The number of hydrogen-bond acceptors (Lipinski definition) is 7. The number of rotatable bonds is 7. The van der Waals surface area contributed by atoms with Gasteiger partial charge in [0.2, 0.25) is 0 Å². The molecule has 1 aromatic heterocycles. The molecule has 35 heavy (non-hydrogen) atoms. The van der Waals surface area contributed by atoms with Crippen molar-refractivity contribution in [3.8, 4) is 11.3 Å². The summed E-state index contributed by atoms with van der Waals surface area (Å²) in [5.41, 5.74) is 1.22. The fraction of sp³-hybridized carbons (Fsp3) is 0.593. The van der Waals surface area contributed by atoms with Gasteiger partial charge in [0.1, 0.15) is 11.3 Å². The van der Waals surface area contributed by atoms with E-state index in [1.54, 1.807) is 11.8 Å². The van der Waals surface area contributed by atoms with E-state index in [1.165, 1.54) is 0 Å². The van der Waals surface area contributed by atoms with Crippen LogP contribution in [0.15, 0.2) is 48.7 Å². The first-order chi connectivity index (χ1) is 16.8. The number of carbonyl (C=O) groups is 1. The second-order valence-corrected chi connectivity index (χ2v) is 11.9. The third-order valence-corrected chi connectivity index (χ3v) is 7.78. The van der Waals surface area contributed by atoms with Gasteiger partial charge in [0.15, 0.2) is 0 Å². The lowest BCUT2D eigenvalue weighted by Gasteiger charge is -2.46. The molecule has 4 rings (SSSR count). The van der Waals surface area contributed by atoms with Crippen molar-refractivity contribution in [2.24, 2.45) is 5.41 Å². The van der Waals surface area contributed by atoms with Gasteiger partial charge >= 0.3 is 5.97 Å². The average Bonchev–Trinajstić information content (AvgIpc) is 3.21. The molecule has 8 heteroatoms. The van der Waals surface area contributed by atoms with Crippen LogP contribution in [-0.4, -0.2) is 73.8 Å². The van der Waals surface area contributed by atoms with Gasteiger partial charge in [0.05, 0.1) is 24.1 Å². The standard InChI is InChI=1S/C27H38N4O3S/c1-26(2,3)34-24(32)19-35-17-16-30-15-8-7-13-27(20-30)14-9-12-23(25(27)33)31-18-22(28-29-31)21-10-5-4-6-11-21/h4-8,10-11,18,23,25,33H,9,12-17,19-20H2,1-3H3/t23-,25+,27+/m1/s1. The van der Waals surface area contributed by atoms with Crippen LogP contribution in [0.1, 0.15) is 52.5 Å². The molecule has 1 fully saturated rings. The third-order valence-electron chi connectivity index (χ3n) is 6.87. The molecule has 7 nitrogen and oxygen atoms in total. The molecule has 2 aromatic rings. The summed E-state index contributed by atoms with van der Waals surface area (Å²) >= 11 is 1.61. The van der Waals surface area contributed by atoms with Crippen LogP contribution in [0.2, 0.25) is 0 Å². The monoisotopic (exact) mass is 498 g/mol. The molecular formula is C27H38N4O3S. The normalized spacial score (nSPS) is 25.5. The Kier molecular flexibility index (Phi) is 8.34. The summed E-state index contributed by atoms with van der Waals surface area (Å²) in [6.07, 6.45) is 9.74. The van der Waals surface area contributed by atoms with E-state index in [-0.39, 0.29) is 17.4 Å². The Hall–Kier alpha value is -2.16. The van der Waals surface area contributed by atoms with E-state index in [4.69, 9.17) is 4.74 Å². The first-order valence-electron chi connectivity index (χ1n) is 12.6. The van der Waals surface area contributed by atoms with Gasteiger partial charge in [0, 0.05) is 36.4 Å². The number of ether oxygens (including phenoxy) is 1. The van der Waals surface area contributed by atoms with Crippen molar-refractivity contribution in [3.63, 3.8) is 0 Å². The van der Waals surface area contributed by atoms with E-state index >= 15 is 0 Å². The number of hydrogen-bond donors (Lipinski definition) is 1. The van der Waals surface area contributed by atoms with Crippen molar-refractivity contribution in [2.45, 2.75) is 64.2 Å². The molecule has 1 aromatic carbocycles. The van der Waals surface area contributed by atoms with Crippen molar-refractivity contribution in [3.05, 3.63) is 48.7 Å². The highest BCUT2D eigenvalue weighted by Gasteiger charge is 2.46. The van der Waals surface area contributed by atoms with E-state index in [2.05, 4.69) is 27.4 Å². The molecular weight excluding hydrogens is 460 g/mol. The van der Waals surface area contributed by atoms with Crippen LogP contribution in [0.5, 0.6) is 0 Å². The molecule has 0 unspecified atom stereocenters. The number of aromatic nitrogens is 3. The molecule has 1 spiro atoms. The van der Waals surface area contributed by atoms with Crippen molar-refractivity contribution in [2.75, 3.05) is 31.1 Å². The Morgan fingerprint density at radius 1 is 1.26 bits per heavy atom. The zero-order chi connectivity index (χ0) is 24.9. The highest BCUT2D eigenvalue weighted by molar-refractivity contribution is 7.99. The first-order valence-corrected chi connectivity index (χ1v) is 13.7. The summed E-state index contributed by atoms with van der Waals surface area (Å²) in [6, 6.07) is 9.96. The maximum atomic E-state index is 12.0. The molecule has 0 amide bonds. The van der Waals surface area contributed by atoms with Gasteiger partial charge in [-0.1, -0.05) is 54.1 Å². The van der Waals surface area contributed by atoms with Crippen molar-refractivity contribution >= 4 is 17.7 Å². The number of esters is 1. The highest BCUT2D eigenvalue weighted by atomic mass is 32.2. The molecule has 190 valence electrons. The number of allylic oxidation sites excluding steroid dienone is 1. The predicted molar refractivity (Wildman–Crippen MR) is 140 cm³/mol. The molecule has 0 radical (unpaired) electrons. The van der Waals surface area contributed by atoms with Gasteiger partial charge in [-0.05, 0) is 40.0 Å². The number of nitrogens with zero attached hydrogens (tertiary/aromatic N) is 4. The summed E-state index contributed by atoms with van der Waals surface area (Å²) in [4.78, 5) is 14.4. The maximum Gasteiger partial charge on any atom is 0.316 e. The molecule has 0 bridgehead atoms. The summed E-state index contributed by atoms with van der Waals surface area (Å²) in [6.45, 7) is 8.26. The lowest BCUT2D eigenvalue weighted by molar-refractivity contribution is -0.151. The van der Waals surface area contributed by atoms with Crippen LogP contribution >= 0.6 is 11.8 Å². The Bertz CT molecular complexity index is 1000. The zero-order valence-electron chi connectivity index (χ0n) is 21.1. The lowest BCUT2D eigenvalue weighted by Crippen LogP contribution is -2.50. The quantitative estimate of drug-likeness (QED) is 0.345. The Labute approximate surface area is 212 Å². The minimum Gasteiger partial charge on any atom is -0.459 e. The zero-order valence-corrected chi connectivity index (χ0v) is 21.9. The van der Waals surface area contributed by atoms with Crippen molar-refractivity contribution < 1.29 is 14.6 Å². The molecule has 1 aliphatic carbocycles. The second kappa shape index (κ2) is 11.3. The predicted octanol–water partition coefficient (Wildman–Crippen LogP) is 4.35. The fourth-order valence-electron chi connectivity index (χ4n) is 5.24. The van der Waals surface area contributed by atoms with Crippen molar-refractivity contribution in [1.82, 2.24) is 19.9 Å². The third kappa shape index (κ3) is 6.74. The number of aliphatic hydroxyl groups excluding tert-OH is 1. The number of thioether (sulfide) groups is 1. The van der Waals surface area contributed by atoms with Gasteiger partial charge in [-0.3, -0.25) is 9.69 Å². The van der Waals surface area contributed by atoms with Gasteiger partial charge in [-0.25, -0.2) is 4.68 Å². The summed E-state index contributed by atoms with van der Waals surface area (Å²) in [5, 5.41) is 20.5. The van der Waals surface area contributed by atoms with Crippen LogP contribution in [0, 0.1) is 5.41 Å². The van der Waals surface area contributed by atoms with Gasteiger partial charge in [-0.15, -0.1) is 16.9 Å². The minimum absolute atomic E-state index is 0.0800. The summed E-state index contributed by atoms with van der Waals surface area (Å²) < 4.78 is 7.29. The number of benzene rings is 1. The lowest BCUT2D eigenvalue weighted by atomic mass is 9.67. The van der Waals surface area contributed by atoms with Gasteiger partial charge in [-0.2, -0.15) is 0 Å². The van der Waals surface area contributed by atoms with E-state index in [0.717, 1.165) is 62.3 Å². The van der Waals surface area contributed by atoms with E-state index in [1.807, 2.05) is 62.0 Å². The Balaban J connectivity index is 1.37. The fourth-order valence-corrected chi connectivity index (χ4v) is 5.99. The topological polar surface area (TPSA) is 80.5 Å². The van der Waals surface area contributed by atoms with Crippen LogP contribution in [0.4, 0.5) is 0 Å². The van der Waals surface area contributed by atoms with Crippen LogP contribution < -0.4 is 0 Å². The summed E-state index contributed by atoms with van der Waals surface area (Å²) in [7, 11) is 0. The highest BCUT2D eigenvalue weighted by Crippen LogP contribution is 2.46. The molecule has 1 aliphatic heterocycles. The molecule has 0 saturated heterocycles. The molecule has 1 N–H and O–H groups in total. The Morgan fingerprint density at radius 3 is 2.83 bits per heavy atom. The maximum absolute atomic E-state index is 12.0. The number of aliphatic hydroxyl groups is 1. The Morgan fingerprint density at radius 2 is 2.06 bits per heavy atom. The summed E-state index contributed by atoms with van der Waals surface area (Å²) in [5.74, 6) is 1.06. The molecule has 3 atom stereocenters. The first kappa shape index (κ1) is 25.9. The van der Waals surface area contributed by atoms with E-state index in [0.29, 0.717) is 5.75 Å². The largest absolute Gasteiger partial charge is 0.459 e. The smallest absolute Gasteiger partial charge is 0.316 e. The van der Waals surface area contributed by atoms with Crippen LogP contribution in [0.3, 0.4) is 0 Å². The second-order valence-electron chi connectivity index (χ2n) is 10.8. The molecule has 1 saturated carbocycles. The SMILES string of the molecule is CC(C)(C)OC(=O)CSCCN1CC=CC[C@]2(CCC[C@@H](n3cc(-c4ccccc4)nn3)[C@@H]2O)C1. The van der Waals surface area contributed by atoms with Crippen molar-refractivity contribution in [1.29, 1.82) is 0 Å². The minimum atomic E-state index is -0.499. The number of carbonyl (C=O) groups excluding carboxylic acids is 1. The van der Waals surface area contributed by atoms with Crippen LogP contribution in [0.25, 0.3) is 11.3 Å². The molecule has 2 heterocycles. The average molecular weight is 499 g/mol.